The molecular formula is C12H15BrFNO4S. The van der Waals surface area contributed by atoms with Crippen LogP contribution in [0.2, 0.25) is 0 Å². The molecule has 0 N–H and O–H groups in total. The van der Waals surface area contributed by atoms with Gasteiger partial charge in [-0.15, -0.1) is 0 Å². The van der Waals surface area contributed by atoms with Crippen LogP contribution in [0.5, 0.6) is 0 Å². The molecular weight excluding hydrogens is 353 g/mol. The van der Waals surface area contributed by atoms with E-state index in [0.717, 1.165) is 16.4 Å². The lowest BCUT2D eigenvalue weighted by molar-refractivity contribution is -0.143. The van der Waals surface area contributed by atoms with Crippen molar-refractivity contribution in [1.29, 1.82) is 0 Å². The SMILES string of the molecule is CCOC(=O)CCN(C)S(=O)(=O)c1ccc(F)cc1Br. The van der Waals surface area contributed by atoms with Gasteiger partial charge >= 0.3 is 5.97 Å². The summed E-state index contributed by atoms with van der Waals surface area (Å²) in [6.45, 7) is 1.91. The van der Waals surface area contributed by atoms with Gasteiger partial charge in [0, 0.05) is 18.1 Å². The highest BCUT2D eigenvalue weighted by Gasteiger charge is 2.24. The molecule has 0 saturated heterocycles. The number of sulfonamides is 1. The molecule has 0 saturated carbocycles. The fourth-order valence-corrected chi connectivity index (χ4v) is 3.63. The van der Waals surface area contributed by atoms with Gasteiger partial charge in [0.25, 0.3) is 0 Å². The second-order valence-corrected chi connectivity index (χ2v) is 6.82. The number of hydrogen-bond acceptors (Lipinski definition) is 4. The predicted octanol–water partition coefficient (Wildman–Crippen LogP) is 2.16. The molecule has 0 aliphatic carbocycles. The lowest BCUT2D eigenvalue weighted by Gasteiger charge is -2.17. The van der Waals surface area contributed by atoms with Gasteiger partial charge in [0.05, 0.1) is 17.9 Å². The van der Waals surface area contributed by atoms with Crippen LogP contribution in [0.4, 0.5) is 4.39 Å². The van der Waals surface area contributed by atoms with Crippen LogP contribution in [0, 0.1) is 5.82 Å². The third kappa shape index (κ3) is 4.26. The zero-order valence-electron chi connectivity index (χ0n) is 11.1. The molecule has 112 valence electrons. The molecule has 1 aromatic carbocycles. The van der Waals surface area contributed by atoms with Crippen LogP contribution in [-0.4, -0.2) is 38.9 Å². The smallest absolute Gasteiger partial charge is 0.307 e. The summed E-state index contributed by atoms with van der Waals surface area (Å²) in [6, 6.07) is 3.32. The molecule has 0 heterocycles. The van der Waals surface area contributed by atoms with Crippen LogP contribution in [0.15, 0.2) is 27.6 Å². The van der Waals surface area contributed by atoms with Gasteiger partial charge < -0.3 is 4.74 Å². The fraction of sp³-hybridized carbons (Fsp3) is 0.417. The first-order valence-corrected chi connectivity index (χ1v) is 8.09. The average molecular weight is 368 g/mol. The molecule has 0 amide bonds. The average Bonchev–Trinajstić information content (AvgIpc) is 2.35. The standard InChI is InChI=1S/C12H15BrFNO4S/c1-3-19-12(16)6-7-15(2)20(17,18)11-5-4-9(14)8-10(11)13/h4-5,8H,3,6-7H2,1-2H3. The predicted molar refractivity (Wildman–Crippen MR) is 75.2 cm³/mol. The van der Waals surface area contributed by atoms with E-state index < -0.39 is 21.8 Å². The Morgan fingerprint density at radius 3 is 2.65 bits per heavy atom. The van der Waals surface area contributed by atoms with Crippen molar-refractivity contribution in [3.05, 3.63) is 28.5 Å². The van der Waals surface area contributed by atoms with Gasteiger partial charge in [0.1, 0.15) is 5.82 Å². The molecule has 0 fully saturated rings. The van der Waals surface area contributed by atoms with Crippen LogP contribution in [0.1, 0.15) is 13.3 Å². The second-order valence-electron chi connectivity index (χ2n) is 3.96. The number of carbonyl (C=O) groups is 1. The summed E-state index contributed by atoms with van der Waals surface area (Å²) >= 11 is 3.02. The van der Waals surface area contributed by atoms with Crippen molar-refractivity contribution < 1.29 is 22.3 Å². The van der Waals surface area contributed by atoms with E-state index in [0.29, 0.717) is 0 Å². The van der Waals surface area contributed by atoms with Crippen LogP contribution in [0.25, 0.3) is 0 Å². The number of nitrogens with zero attached hydrogens (tertiary/aromatic N) is 1. The number of benzene rings is 1. The van der Waals surface area contributed by atoms with Crippen LogP contribution in [0.3, 0.4) is 0 Å². The molecule has 1 aromatic rings. The summed E-state index contributed by atoms with van der Waals surface area (Å²) in [5.74, 6) is -1.00. The van der Waals surface area contributed by atoms with Crippen molar-refractivity contribution in [2.24, 2.45) is 0 Å². The van der Waals surface area contributed by atoms with E-state index in [9.17, 15) is 17.6 Å². The first-order valence-electron chi connectivity index (χ1n) is 5.86. The van der Waals surface area contributed by atoms with E-state index >= 15 is 0 Å². The first kappa shape index (κ1) is 17.1. The minimum atomic E-state index is -3.79. The first-order chi connectivity index (χ1) is 9.28. The van der Waals surface area contributed by atoms with E-state index in [1.54, 1.807) is 6.92 Å². The fourth-order valence-electron chi connectivity index (χ4n) is 1.45. The van der Waals surface area contributed by atoms with E-state index in [4.69, 9.17) is 4.74 Å². The Hall–Kier alpha value is -0.990. The molecule has 0 atom stereocenters. The second kappa shape index (κ2) is 7.14. The van der Waals surface area contributed by atoms with Crippen molar-refractivity contribution >= 4 is 31.9 Å². The van der Waals surface area contributed by atoms with Crippen molar-refractivity contribution in [2.45, 2.75) is 18.2 Å². The quantitative estimate of drug-likeness (QED) is 0.722. The maximum absolute atomic E-state index is 13.0. The molecule has 1 rings (SSSR count). The molecule has 0 spiro atoms. The van der Waals surface area contributed by atoms with Gasteiger partial charge in [0.15, 0.2) is 0 Å². The van der Waals surface area contributed by atoms with Crippen LogP contribution in [-0.2, 0) is 19.6 Å². The Balaban J connectivity index is 2.85. The summed E-state index contributed by atoms with van der Waals surface area (Å²) in [6.07, 6.45) is -0.0393. The van der Waals surface area contributed by atoms with E-state index in [1.807, 2.05) is 0 Å². The Bertz CT molecular complexity index is 591. The maximum atomic E-state index is 13.0. The van der Waals surface area contributed by atoms with Gasteiger partial charge in [-0.3, -0.25) is 4.79 Å². The Morgan fingerprint density at radius 1 is 1.45 bits per heavy atom. The Morgan fingerprint density at radius 2 is 2.10 bits per heavy atom. The number of carbonyl (C=O) groups excluding carboxylic acids is 1. The highest BCUT2D eigenvalue weighted by molar-refractivity contribution is 9.10. The highest BCUT2D eigenvalue weighted by atomic mass is 79.9. The number of hydrogen-bond donors (Lipinski definition) is 0. The molecule has 0 bridgehead atoms. The third-order valence-electron chi connectivity index (χ3n) is 2.52. The van der Waals surface area contributed by atoms with Crippen molar-refractivity contribution in [1.82, 2.24) is 4.31 Å². The van der Waals surface area contributed by atoms with E-state index in [2.05, 4.69) is 15.9 Å². The summed E-state index contributed by atoms with van der Waals surface area (Å²) in [5, 5.41) is 0. The van der Waals surface area contributed by atoms with Crippen molar-refractivity contribution in [3.8, 4) is 0 Å². The van der Waals surface area contributed by atoms with E-state index in [-0.39, 0.29) is 28.9 Å². The van der Waals surface area contributed by atoms with Gasteiger partial charge in [0.2, 0.25) is 10.0 Å². The minimum absolute atomic E-state index is 0.00895. The van der Waals surface area contributed by atoms with Crippen molar-refractivity contribution in [2.75, 3.05) is 20.2 Å². The lowest BCUT2D eigenvalue weighted by atomic mass is 10.3. The summed E-state index contributed by atoms with van der Waals surface area (Å²) < 4.78 is 43.4. The molecule has 0 aromatic heterocycles. The Kier molecular flexibility index (Phi) is 6.09. The zero-order valence-corrected chi connectivity index (χ0v) is 13.5. The van der Waals surface area contributed by atoms with Crippen LogP contribution >= 0.6 is 15.9 Å². The largest absolute Gasteiger partial charge is 0.466 e. The monoisotopic (exact) mass is 367 g/mol. The van der Waals surface area contributed by atoms with Crippen molar-refractivity contribution in [3.63, 3.8) is 0 Å². The number of ether oxygens (including phenoxy) is 1. The van der Waals surface area contributed by atoms with Gasteiger partial charge in [-0.1, -0.05) is 0 Å². The summed E-state index contributed by atoms with van der Waals surface area (Å²) in [5.41, 5.74) is 0. The Labute approximate surface area is 125 Å². The zero-order chi connectivity index (χ0) is 15.3. The van der Waals surface area contributed by atoms with Gasteiger partial charge in [-0.25, -0.2) is 17.1 Å². The molecule has 8 heteroatoms. The molecule has 0 aliphatic heterocycles. The van der Waals surface area contributed by atoms with E-state index in [1.165, 1.54) is 13.1 Å². The summed E-state index contributed by atoms with van der Waals surface area (Å²) in [4.78, 5) is 11.2. The molecule has 20 heavy (non-hydrogen) atoms. The topological polar surface area (TPSA) is 63.7 Å². The van der Waals surface area contributed by atoms with Gasteiger partial charge in [-0.2, -0.15) is 0 Å². The normalized spacial score (nSPS) is 11.7. The summed E-state index contributed by atoms with van der Waals surface area (Å²) in [7, 11) is -2.43. The lowest BCUT2D eigenvalue weighted by Crippen LogP contribution is -2.29. The third-order valence-corrected chi connectivity index (χ3v) is 5.35. The van der Waals surface area contributed by atoms with Gasteiger partial charge in [-0.05, 0) is 41.1 Å². The molecule has 0 radical (unpaired) electrons. The minimum Gasteiger partial charge on any atom is -0.466 e. The molecule has 0 aliphatic rings. The number of halogens is 2. The molecule has 5 nitrogen and oxygen atoms in total. The number of esters is 1. The highest BCUT2D eigenvalue weighted by Crippen LogP contribution is 2.25. The maximum Gasteiger partial charge on any atom is 0.307 e. The number of rotatable bonds is 6. The van der Waals surface area contributed by atoms with Crippen LogP contribution < -0.4 is 0 Å². The molecule has 0 unspecified atom stereocenters.